The topological polar surface area (TPSA) is 38.5 Å². The fraction of sp³-hybridized carbons (Fsp3) is 0.368. The summed E-state index contributed by atoms with van der Waals surface area (Å²) in [5.41, 5.74) is 8.42. The van der Waals surface area contributed by atoms with Gasteiger partial charge in [-0.2, -0.15) is 0 Å². The SMILES string of the molecule is C=C/C=C(\C=C)CN(C)CCOc1ccccc1C1(N)CC1. The van der Waals surface area contributed by atoms with Gasteiger partial charge in [0.25, 0.3) is 0 Å². The Morgan fingerprint density at radius 3 is 2.73 bits per heavy atom. The molecule has 0 aromatic heterocycles. The second-order valence-electron chi connectivity index (χ2n) is 5.92. The predicted octanol–water partition coefficient (Wildman–Crippen LogP) is 3.24. The van der Waals surface area contributed by atoms with Crippen molar-refractivity contribution >= 4 is 0 Å². The molecule has 3 nitrogen and oxygen atoms in total. The van der Waals surface area contributed by atoms with Crippen molar-refractivity contribution in [3.05, 3.63) is 66.8 Å². The van der Waals surface area contributed by atoms with Crippen LogP contribution in [0.5, 0.6) is 5.75 Å². The number of hydrogen-bond donors (Lipinski definition) is 1. The van der Waals surface area contributed by atoms with Crippen LogP contribution in [0.15, 0.2) is 61.2 Å². The number of ether oxygens (including phenoxy) is 1. The highest BCUT2D eigenvalue weighted by Gasteiger charge is 2.41. The number of benzene rings is 1. The van der Waals surface area contributed by atoms with Gasteiger partial charge in [-0.25, -0.2) is 0 Å². The molecule has 0 radical (unpaired) electrons. The minimum Gasteiger partial charge on any atom is -0.492 e. The first-order chi connectivity index (χ1) is 10.6. The van der Waals surface area contributed by atoms with Crippen LogP contribution in [0.4, 0.5) is 0 Å². The molecule has 0 unspecified atom stereocenters. The summed E-state index contributed by atoms with van der Waals surface area (Å²) in [5, 5.41) is 0. The lowest BCUT2D eigenvalue weighted by molar-refractivity contribution is 0.245. The lowest BCUT2D eigenvalue weighted by Crippen LogP contribution is -2.27. The minimum absolute atomic E-state index is 0.162. The largest absolute Gasteiger partial charge is 0.492 e. The van der Waals surface area contributed by atoms with E-state index in [1.165, 1.54) is 0 Å². The third-order valence-electron chi connectivity index (χ3n) is 3.99. The summed E-state index contributed by atoms with van der Waals surface area (Å²) in [6, 6.07) is 8.11. The molecule has 0 heterocycles. The molecule has 0 saturated heterocycles. The van der Waals surface area contributed by atoms with Crippen molar-refractivity contribution in [1.29, 1.82) is 0 Å². The molecule has 1 aromatic rings. The number of nitrogens with two attached hydrogens (primary N) is 1. The summed E-state index contributed by atoms with van der Waals surface area (Å²) in [6.07, 6.45) is 7.71. The molecule has 1 aliphatic rings. The van der Waals surface area contributed by atoms with E-state index in [1.54, 1.807) is 6.08 Å². The van der Waals surface area contributed by atoms with Crippen LogP contribution in [0, 0.1) is 0 Å². The highest BCUT2D eigenvalue weighted by molar-refractivity contribution is 5.42. The van der Waals surface area contributed by atoms with Crippen molar-refractivity contribution in [1.82, 2.24) is 4.90 Å². The van der Waals surface area contributed by atoms with Crippen LogP contribution < -0.4 is 10.5 Å². The van der Waals surface area contributed by atoms with Crippen LogP contribution in [-0.2, 0) is 5.54 Å². The van der Waals surface area contributed by atoms with E-state index in [-0.39, 0.29) is 5.54 Å². The summed E-state index contributed by atoms with van der Waals surface area (Å²) >= 11 is 0. The lowest BCUT2D eigenvalue weighted by Gasteiger charge is -2.19. The number of allylic oxidation sites excluding steroid dienone is 2. The second-order valence-corrected chi connectivity index (χ2v) is 5.92. The van der Waals surface area contributed by atoms with Crippen molar-refractivity contribution in [2.75, 3.05) is 26.7 Å². The average Bonchev–Trinajstić information content (AvgIpc) is 3.26. The van der Waals surface area contributed by atoms with Crippen LogP contribution in [0.3, 0.4) is 0 Å². The van der Waals surface area contributed by atoms with Gasteiger partial charge in [-0.3, -0.25) is 4.90 Å². The fourth-order valence-electron chi connectivity index (χ4n) is 2.45. The third kappa shape index (κ3) is 4.33. The Hall–Kier alpha value is -1.84. The van der Waals surface area contributed by atoms with E-state index in [2.05, 4.69) is 31.2 Å². The highest BCUT2D eigenvalue weighted by atomic mass is 16.5. The predicted molar refractivity (Wildman–Crippen MR) is 93.0 cm³/mol. The van der Waals surface area contributed by atoms with Crippen molar-refractivity contribution < 1.29 is 4.74 Å². The van der Waals surface area contributed by atoms with Crippen LogP contribution in [0.2, 0.25) is 0 Å². The van der Waals surface area contributed by atoms with E-state index < -0.39 is 0 Å². The fourth-order valence-corrected chi connectivity index (χ4v) is 2.45. The maximum Gasteiger partial charge on any atom is 0.124 e. The zero-order valence-corrected chi connectivity index (χ0v) is 13.4. The van der Waals surface area contributed by atoms with E-state index in [4.69, 9.17) is 10.5 Å². The van der Waals surface area contributed by atoms with E-state index in [0.717, 1.165) is 42.8 Å². The minimum atomic E-state index is -0.162. The third-order valence-corrected chi connectivity index (χ3v) is 3.99. The molecule has 2 rings (SSSR count). The Morgan fingerprint density at radius 1 is 1.36 bits per heavy atom. The van der Waals surface area contributed by atoms with Gasteiger partial charge >= 0.3 is 0 Å². The Labute approximate surface area is 133 Å². The highest BCUT2D eigenvalue weighted by Crippen LogP contribution is 2.46. The molecule has 0 atom stereocenters. The van der Waals surface area contributed by atoms with Crippen LogP contribution in [-0.4, -0.2) is 31.6 Å². The van der Waals surface area contributed by atoms with E-state index in [1.807, 2.05) is 30.4 Å². The summed E-state index contributed by atoms with van der Waals surface area (Å²) in [4.78, 5) is 2.20. The number of nitrogens with zero attached hydrogens (tertiary/aromatic N) is 1. The monoisotopic (exact) mass is 298 g/mol. The molecule has 3 heteroatoms. The number of para-hydroxylation sites is 1. The van der Waals surface area contributed by atoms with E-state index in [0.29, 0.717) is 6.61 Å². The molecule has 118 valence electrons. The van der Waals surface area contributed by atoms with Gasteiger partial charge in [-0.05, 0) is 31.5 Å². The number of likely N-dealkylation sites (N-methyl/N-ethyl adjacent to an activating group) is 1. The Bertz CT molecular complexity index is 558. The summed E-state index contributed by atoms with van der Waals surface area (Å²) in [7, 11) is 2.07. The number of rotatable bonds is 9. The summed E-state index contributed by atoms with van der Waals surface area (Å²) in [6.45, 7) is 9.85. The molecule has 1 fully saturated rings. The second kappa shape index (κ2) is 7.43. The molecular weight excluding hydrogens is 272 g/mol. The van der Waals surface area contributed by atoms with Crippen molar-refractivity contribution in [2.45, 2.75) is 18.4 Å². The first-order valence-electron chi connectivity index (χ1n) is 7.73. The Kier molecular flexibility index (Phi) is 5.58. The first-order valence-corrected chi connectivity index (χ1v) is 7.73. The maximum absolute atomic E-state index is 6.30. The smallest absolute Gasteiger partial charge is 0.124 e. The van der Waals surface area contributed by atoms with Crippen LogP contribution in [0.1, 0.15) is 18.4 Å². The van der Waals surface area contributed by atoms with E-state index >= 15 is 0 Å². The molecule has 1 aromatic carbocycles. The Morgan fingerprint density at radius 2 is 2.09 bits per heavy atom. The molecule has 0 bridgehead atoms. The van der Waals surface area contributed by atoms with Crippen LogP contribution >= 0.6 is 0 Å². The average molecular weight is 298 g/mol. The molecule has 0 spiro atoms. The van der Waals surface area contributed by atoms with Gasteiger partial charge in [0.15, 0.2) is 0 Å². The van der Waals surface area contributed by atoms with Gasteiger partial charge in [0.05, 0.1) is 0 Å². The van der Waals surface area contributed by atoms with E-state index in [9.17, 15) is 0 Å². The molecule has 2 N–H and O–H groups in total. The van der Waals surface area contributed by atoms with Gasteiger partial charge in [-0.15, -0.1) is 0 Å². The van der Waals surface area contributed by atoms with Crippen molar-refractivity contribution in [3.8, 4) is 5.75 Å². The van der Waals surface area contributed by atoms with Crippen LogP contribution in [0.25, 0.3) is 0 Å². The molecule has 0 amide bonds. The van der Waals surface area contributed by atoms with Crippen molar-refractivity contribution in [3.63, 3.8) is 0 Å². The van der Waals surface area contributed by atoms with Crippen molar-refractivity contribution in [2.24, 2.45) is 5.73 Å². The van der Waals surface area contributed by atoms with Gasteiger partial charge in [-0.1, -0.05) is 49.6 Å². The van der Waals surface area contributed by atoms with Gasteiger partial charge in [0.1, 0.15) is 12.4 Å². The molecule has 0 aliphatic heterocycles. The first kappa shape index (κ1) is 16.5. The molecule has 1 saturated carbocycles. The van der Waals surface area contributed by atoms with Gasteiger partial charge < -0.3 is 10.5 Å². The quantitative estimate of drug-likeness (QED) is 0.711. The normalized spacial score (nSPS) is 16.4. The zero-order chi connectivity index (χ0) is 16.0. The Balaban J connectivity index is 1.85. The summed E-state index contributed by atoms with van der Waals surface area (Å²) < 4.78 is 5.96. The molecule has 22 heavy (non-hydrogen) atoms. The summed E-state index contributed by atoms with van der Waals surface area (Å²) in [5.74, 6) is 0.918. The maximum atomic E-state index is 6.30. The number of hydrogen-bond acceptors (Lipinski definition) is 3. The molecular formula is C19H26N2O. The molecule has 1 aliphatic carbocycles. The van der Waals surface area contributed by atoms with Gasteiger partial charge in [0.2, 0.25) is 0 Å². The van der Waals surface area contributed by atoms with Gasteiger partial charge in [0, 0.05) is 24.2 Å². The standard InChI is InChI=1S/C19H26N2O/c1-4-8-16(5-2)15-21(3)13-14-22-18-10-7-6-9-17(18)19(20)11-12-19/h4-10H,1-2,11-15,20H2,3H3/b16-8+. The zero-order valence-electron chi connectivity index (χ0n) is 13.4. The lowest BCUT2D eigenvalue weighted by atomic mass is 10.1.